The average Bonchev–Trinajstić information content (AvgIpc) is 3.08. The van der Waals surface area contributed by atoms with Gasteiger partial charge in [-0.3, -0.25) is 5.41 Å². The van der Waals surface area contributed by atoms with Crippen LogP contribution in [-0.4, -0.2) is 44.6 Å². The summed E-state index contributed by atoms with van der Waals surface area (Å²) in [6.45, 7) is 0. The highest BCUT2D eigenvalue weighted by Gasteiger charge is 2.26. The lowest BCUT2D eigenvalue weighted by molar-refractivity contribution is 0.0648. The van der Waals surface area contributed by atoms with Crippen molar-refractivity contribution in [3.8, 4) is 28.4 Å². The van der Waals surface area contributed by atoms with Gasteiger partial charge in [-0.05, 0) is 12.1 Å². The number of carboxylic acids is 2. The Hall–Kier alpha value is -4.14. The molecule has 0 aliphatic heterocycles. The molecule has 1 aromatic heterocycles. The van der Waals surface area contributed by atoms with Crippen LogP contribution in [0.25, 0.3) is 22.6 Å². The molecular weight excluding hydrogens is 376 g/mol. The molecule has 0 unspecified atom stereocenters. The number of methoxy groups -OCH3 is 1. The monoisotopic (exact) mass is 394 g/mol. The Labute approximate surface area is 165 Å². The van der Waals surface area contributed by atoms with Gasteiger partial charge in [-0.25, -0.2) is 14.6 Å². The van der Waals surface area contributed by atoms with E-state index in [9.17, 15) is 19.8 Å². The zero-order valence-electron chi connectivity index (χ0n) is 15.6. The number of amidine groups is 1. The molecule has 148 valence electrons. The number of aromatic nitrogens is 2. The molecule has 2 aromatic carbocycles. The number of nitrogens with one attached hydrogen (secondary N) is 1. The Morgan fingerprint density at radius 1 is 1.10 bits per heavy atom. The van der Waals surface area contributed by atoms with Gasteiger partial charge in [-0.2, -0.15) is 0 Å². The number of hydrogen-bond donors (Lipinski definition) is 4. The van der Waals surface area contributed by atoms with Crippen LogP contribution < -0.4 is 10.5 Å². The summed E-state index contributed by atoms with van der Waals surface area (Å²) < 4.78 is 6.95. The van der Waals surface area contributed by atoms with Gasteiger partial charge in [0.1, 0.15) is 23.0 Å². The number of imidazole rings is 1. The van der Waals surface area contributed by atoms with Gasteiger partial charge in [0.15, 0.2) is 0 Å². The summed E-state index contributed by atoms with van der Waals surface area (Å²) in [7, 11) is 3.02. The predicted octanol–water partition coefficient (Wildman–Crippen LogP) is 2.44. The first-order chi connectivity index (χ1) is 13.7. The fourth-order valence-electron chi connectivity index (χ4n) is 3.04. The second kappa shape index (κ2) is 7.47. The zero-order valence-corrected chi connectivity index (χ0v) is 15.6. The number of hydrogen-bond acceptors (Lipinski definition) is 5. The Balaban J connectivity index is 2.15. The first kappa shape index (κ1) is 19.6. The lowest BCUT2D eigenvalue weighted by Gasteiger charge is -2.13. The maximum Gasteiger partial charge on any atom is 0.340 e. The Morgan fingerprint density at radius 3 is 2.28 bits per heavy atom. The van der Waals surface area contributed by atoms with E-state index in [1.807, 2.05) is 0 Å². The molecule has 0 amide bonds. The molecule has 9 nitrogen and oxygen atoms in total. The molecular formula is C20H18N4O5. The number of nitrogen functional groups attached to an aromatic ring is 1. The largest absolute Gasteiger partial charge is 0.495 e. The van der Waals surface area contributed by atoms with Crippen LogP contribution in [0.15, 0.2) is 42.6 Å². The van der Waals surface area contributed by atoms with Gasteiger partial charge in [0, 0.05) is 24.4 Å². The highest BCUT2D eigenvalue weighted by molar-refractivity contribution is 6.05. The maximum absolute atomic E-state index is 11.7. The SMILES string of the molecule is COc1c(-c2nc(-c3ccc(C(=N)N)cc3)cn2C)ccc(C(=O)O)c1C(=O)O. The second-order valence-electron chi connectivity index (χ2n) is 6.23. The zero-order chi connectivity index (χ0) is 21.3. The molecule has 29 heavy (non-hydrogen) atoms. The summed E-state index contributed by atoms with van der Waals surface area (Å²) in [6, 6.07) is 9.65. The number of nitrogens with two attached hydrogens (primary N) is 1. The summed E-state index contributed by atoms with van der Waals surface area (Å²) in [6.07, 6.45) is 1.75. The van der Waals surface area contributed by atoms with Gasteiger partial charge in [0.2, 0.25) is 0 Å². The van der Waals surface area contributed by atoms with Crippen LogP contribution in [0.5, 0.6) is 5.75 Å². The third-order valence-corrected chi connectivity index (χ3v) is 4.42. The number of carboxylic acid groups (broad SMARTS) is 2. The van der Waals surface area contributed by atoms with Gasteiger partial charge in [-0.15, -0.1) is 0 Å². The quantitative estimate of drug-likeness (QED) is 0.370. The number of nitrogens with zero attached hydrogens (tertiary/aromatic N) is 2. The Kier molecular flexibility index (Phi) is 5.05. The molecule has 3 rings (SSSR count). The van der Waals surface area contributed by atoms with Crippen molar-refractivity contribution in [3.05, 3.63) is 59.3 Å². The van der Waals surface area contributed by atoms with Crippen molar-refractivity contribution in [2.24, 2.45) is 12.8 Å². The van der Waals surface area contributed by atoms with E-state index in [2.05, 4.69) is 4.98 Å². The van der Waals surface area contributed by atoms with E-state index in [0.29, 0.717) is 22.6 Å². The van der Waals surface area contributed by atoms with Gasteiger partial charge in [0.25, 0.3) is 0 Å². The van der Waals surface area contributed by atoms with E-state index in [0.717, 1.165) is 5.56 Å². The predicted molar refractivity (Wildman–Crippen MR) is 106 cm³/mol. The van der Waals surface area contributed by atoms with E-state index < -0.39 is 17.5 Å². The van der Waals surface area contributed by atoms with Crippen molar-refractivity contribution >= 4 is 17.8 Å². The number of ether oxygens (including phenoxy) is 1. The number of rotatable bonds is 6. The van der Waals surface area contributed by atoms with Crippen molar-refractivity contribution in [2.75, 3.05) is 7.11 Å². The number of benzene rings is 2. The molecule has 0 aliphatic rings. The minimum Gasteiger partial charge on any atom is -0.495 e. The topological polar surface area (TPSA) is 152 Å². The summed E-state index contributed by atoms with van der Waals surface area (Å²) in [4.78, 5) is 27.7. The lowest BCUT2D eigenvalue weighted by Crippen LogP contribution is -2.11. The van der Waals surface area contributed by atoms with Crippen LogP contribution in [0, 0.1) is 5.41 Å². The number of aryl methyl sites for hydroxylation is 1. The molecule has 0 saturated heterocycles. The molecule has 1 heterocycles. The third-order valence-electron chi connectivity index (χ3n) is 4.42. The van der Waals surface area contributed by atoms with E-state index in [4.69, 9.17) is 15.9 Å². The standard InChI is InChI=1S/C20H18N4O5/c1-24-9-14(10-3-5-11(6-4-10)17(21)22)23-18(24)13-8-7-12(19(25)26)15(20(27)28)16(13)29-2/h3-9H,1-2H3,(H3,21,22)(H,25,26)(H,27,28). The van der Waals surface area contributed by atoms with Gasteiger partial charge in [0.05, 0.1) is 23.9 Å². The minimum atomic E-state index is -1.41. The van der Waals surface area contributed by atoms with E-state index >= 15 is 0 Å². The van der Waals surface area contributed by atoms with Crippen LogP contribution in [0.2, 0.25) is 0 Å². The number of carbonyl (C=O) groups is 2. The van der Waals surface area contributed by atoms with Crippen LogP contribution in [0.1, 0.15) is 26.3 Å². The molecule has 9 heteroatoms. The van der Waals surface area contributed by atoms with Crippen LogP contribution >= 0.6 is 0 Å². The number of aromatic carboxylic acids is 2. The molecule has 0 spiro atoms. The molecule has 3 aromatic rings. The van der Waals surface area contributed by atoms with Crippen LogP contribution in [0.4, 0.5) is 0 Å². The van der Waals surface area contributed by atoms with Crippen LogP contribution in [-0.2, 0) is 7.05 Å². The first-order valence-electron chi connectivity index (χ1n) is 8.40. The minimum absolute atomic E-state index is 0.0392. The van der Waals surface area contributed by atoms with E-state index in [1.54, 1.807) is 42.1 Å². The second-order valence-corrected chi connectivity index (χ2v) is 6.23. The summed E-state index contributed by atoms with van der Waals surface area (Å²) in [5.74, 6) is -2.48. The third kappa shape index (κ3) is 3.53. The highest BCUT2D eigenvalue weighted by atomic mass is 16.5. The Morgan fingerprint density at radius 2 is 1.76 bits per heavy atom. The van der Waals surface area contributed by atoms with E-state index in [1.165, 1.54) is 19.2 Å². The van der Waals surface area contributed by atoms with Crippen molar-refractivity contribution in [2.45, 2.75) is 0 Å². The normalized spacial score (nSPS) is 10.6. The van der Waals surface area contributed by atoms with Gasteiger partial charge >= 0.3 is 11.9 Å². The molecule has 5 N–H and O–H groups in total. The smallest absolute Gasteiger partial charge is 0.340 e. The molecule has 0 fully saturated rings. The maximum atomic E-state index is 11.7. The van der Waals surface area contributed by atoms with Crippen molar-refractivity contribution in [1.82, 2.24) is 9.55 Å². The first-order valence-corrected chi connectivity index (χ1v) is 8.40. The molecule has 0 aliphatic carbocycles. The molecule has 0 atom stereocenters. The summed E-state index contributed by atoms with van der Waals surface area (Å²) in [5, 5.41) is 26.3. The van der Waals surface area contributed by atoms with Gasteiger partial charge in [-0.1, -0.05) is 24.3 Å². The molecule has 0 radical (unpaired) electrons. The van der Waals surface area contributed by atoms with Crippen LogP contribution in [0.3, 0.4) is 0 Å². The van der Waals surface area contributed by atoms with Crippen molar-refractivity contribution in [1.29, 1.82) is 5.41 Å². The fraction of sp³-hybridized carbons (Fsp3) is 0.100. The lowest BCUT2D eigenvalue weighted by atomic mass is 10.0. The molecule has 0 saturated carbocycles. The molecule has 0 bridgehead atoms. The Bertz CT molecular complexity index is 1130. The summed E-state index contributed by atoms with van der Waals surface area (Å²) >= 11 is 0. The highest BCUT2D eigenvalue weighted by Crippen LogP contribution is 2.36. The fourth-order valence-corrected chi connectivity index (χ4v) is 3.04. The average molecular weight is 394 g/mol. The van der Waals surface area contributed by atoms with Gasteiger partial charge < -0.3 is 25.3 Å². The van der Waals surface area contributed by atoms with Crippen molar-refractivity contribution < 1.29 is 24.5 Å². The van der Waals surface area contributed by atoms with Crippen molar-refractivity contribution in [3.63, 3.8) is 0 Å². The van der Waals surface area contributed by atoms with E-state index in [-0.39, 0.29) is 17.1 Å². The summed E-state index contributed by atoms with van der Waals surface area (Å²) in [5.41, 5.74) is 6.99.